The Hall–Kier alpha value is -0.820. The number of allylic oxidation sites excluding steroid dienone is 2. The summed E-state index contributed by atoms with van der Waals surface area (Å²) in [5.41, 5.74) is 0.653. The van der Waals surface area contributed by atoms with Crippen LogP contribution in [0.2, 0.25) is 5.02 Å². The van der Waals surface area contributed by atoms with E-state index in [1.807, 2.05) is 13.0 Å². The van der Waals surface area contributed by atoms with Crippen LogP contribution in [0.1, 0.15) is 38.2 Å². The fraction of sp³-hybridized carbons (Fsp3) is 0.385. The highest BCUT2D eigenvalue weighted by atomic mass is 35.5. The quantitative estimate of drug-likeness (QED) is 0.638. The predicted molar refractivity (Wildman–Crippen MR) is 63.9 cm³/mol. The van der Waals surface area contributed by atoms with Gasteiger partial charge in [0, 0.05) is 10.6 Å². The summed E-state index contributed by atoms with van der Waals surface area (Å²) >= 11 is 6.02. The third-order valence-corrected chi connectivity index (χ3v) is 2.89. The average Bonchev–Trinajstić information content (AvgIpc) is 2.22. The summed E-state index contributed by atoms with van der Waals surface area (Å²) in [6.07, 6.45) is 5.77. The van der Waals surface area contributed by atoms with Crippen LogP contribution in [0.5, 0.6) is 0 Å². The molecule has 0 amide bonds. The van der Waals surface area contributed by atoms with Gasteiger partial charge in [-0.25, -0.2) is 4.39 Å². The second-order valence-electron chi connectivity index (χ2n) is 3.55. The monoisotopic (exact) mass is 226 g/mol. The highest BCUT2D eigenvalue weighted by Crippen LogP contribution is 2.32. The van der Waals surface area contributed by atoms with E-state index in [-0.39, 0.29) is 11.7 Å². The summed E-state index contributed by atoms with van der Waals surface area (Å²) in [6.45, 7) is 4.02. The van der Waals surface area contributed by atoms with Gasteiger partial charge in [0.25, 0.3) is 0 Å². The number of hydrogen-bond acceptors (Lipinski definition) is 0. The average molecular weight is 227 g/mol. The molecule has 0 fully saturated rings. The highest BCUT2D eigenvalue weighted by molar-refractivity contribution is 6.31. The zero-order valence-electron chi connectivity index (χ0n) is 9.13. The molecule has 1 aromatic carbocycles. The summed E-state index contributed by atoms with van der Waals surface area (Å²) < 4.78 is 13.6. The minimum Gasteiger partial charge on any atom is -0.207 e. The Morgan fingerprint density at radius 1 is 1.47 bits per heavy atom. The first kappa shape index (κ1) is 12.3. The van der Waals surface area contributed by atoms with E-state index in [4.69, 9.17) is 11.6 Å². The van der Waals surface area contributed by atoms with Crippen molar-refractivity contribution in [3.8, 4) is 0 Å². The van der Waals surface area contributed by atoms with E-state index < -0.39 is 0 Å². The zero-order valence-corrected chi connectivity index (χ0v) is 9.89. The molecule has 0 bridgehead atoms. The van der Waals surface area contributed by atoms with E-state index in [0.29, 0.717) is 10.6 Å². The van der Waals surface area contributed by atoms with E-state index in [2.05, 4.69) is 13.0 Å². The fourth-order valence-corrected chi connectivity index (χ4v) is 2.01. The molecule has 82 valence electrons. The summed E-state index contributed by atoms with van der Waals surface area (Å²) in [7, 11) is 0. The van der Waals surface area contributed by atoms with Gasteiger partial charge < -0.3 is 0 Å². The molecular formula is C13H16ClF. The summed E-state index contributed by atoms with van der Waals surface area (Å²) in [6, 6.07) is 4.86. The molecule has 0 spiro atoms. The van der Waals surface area contributed by atoms with E-state index in [1.54, 1.807) is 12.1 Å². The third kappa shape index (κ3) is 3.07. The van der Waals surface area contributed by atoms with Crippen LogP contribution >= 0.6 is 11.6 Å². The van der Waals surface area contributed by atoms with E-state index in [1.165, 1.54) is 6.07 Å². The van der Waals surface area contributed by atoms with Crippen LogP contribution in [0.4, 0.5) is 4.39 Å². The lowest BCUT2D eigenvalue weighted by Crippen LogP contribution is -2.00. The normalized spacial score (nSPS) is 13.3. The van der Waals surface area contributed by atoms with Gasteiger partial charge in [0.15, 0.2) is 0 Å². The molecule has 1 aromatic rings. The molecule has 0 saturated carbocycles. The van der Waals surface area contributed by atoms with Crippen molar-refractivity contribution >= 4 is 11.6 Å². The predicted octanol–water partition coefficient (Wildman–Crippen LogP) is 4.94. The Labute approximate surface area is 95.8 Å². The van der Waals surface area contributed by atoms with Crippen molar-refractivity contribution < 1.29 is 4.39 Å². The maximum absolute atomic E-state index is 13.6. The second-order valence-corrected chi connectivity index (χ2v) is 3.95. The van der Waals surface area contributed by atoms with Crippen molar-refractivity contribution in [2.45, 2.75) is 32.6 Å². The Kier molecular flexibility index (Phi) is 4.83. The number of hydrogen-bond donors (Lipinski definition) is 0. The third-order valence-electron chi connectivity index (χ3n) is 2.56. The highest BCUT2D eigenvalue weighted by Gasteiger charge is 2.15. The molecule has 0 saturated heterocycles. The lowest BCUT2D eigenvalue weighted by molar-refractivity contribution is 0.569. The molecule has 15 heavy (non-hydrogen) atoms. The summed E-state index contributed by atoms with van der Waals surface area (Å²) in [5, 5.41) is 0.534. The van der Waals surface area contributed by atoms with Crippen LogP contribution in [0.3, 0.4) is 0 Å². The molecule has 0 N–H and O–H groups in total. The van der Waals surface area contributed by atoms with Crippen LogP contribution in [0.15, 0.2) is 30.4 Å². The van der Waals surface area contributed by atoms with E-state index >= 15 is 0 Å². The molecule has 0 aliphatic carbocycles. The van der Waals surface area contributed by atoms with Crippen LogP contribution in [-0.4, -0.2) is 0 Å². The van der Waals surface area contributed by atoms with E-state index in [0.717, 1.165) is 12.8 Å². The molecular weight excluding hydrogens is 211 g/mol. The van der Waals surface area contributed by atoms with Gasteiger partial charge in [-0.2, -0.15) is 0 Å². The van der Waals surface area contributed by atoms with Crippen LogP contribution < -0.4 is 0 Å². The molecule has 0 aliphatic heterocycles. The molecule has 1 unspecified atom stereocenters. The first-order valence-electron chi connectivity index (χ1n) is 5.25. The lowest BCUT2D eigenvalue weighted by atomic mass is 9.92. The first-order valence-corrected chi connectivity index (χ1v) is 5.63. The van der Waals surface area contributed by atoms with Crippen LogP contribution in [-0.2, 0) is 0 Å². The smallest absolute Gasteiger partial charge is 0.128 e. The minimum atomic E-state index is -0.196. The first-order chi connectivity index (χ1) is 7.20. The SMILES string of the molecule is C/C=C\CC(CC)c1c(F)cccc1Cl. The van der Waals surface area contributed by atoms with Crippen molar-refractivity contribution in [3.05, 3.63) is 46.8 Å². The van der Waals surface area contributed by atoms with Crippen molar-refractivity contribution in [2.24, 2.45) is 0 Å². The molecule has 0 heterocycles. The van der Waals surface area contributed by atoms with Gasteiger partial charge in [0.05, 0.1) is 0 Å². The Balaban J connectivity index is 3.00. The molecule has 1 rings (SSSR count). The van der Waals surface area contributed by atoms with Gasteiger partial charge in [0.2, 0.25) is 0 Å². The largest absolute Gasteiger partial charge is 0.207 e. The second kappa shape index (κ2) is 5.92. The fourth-order valence-electron chi connectivity index (χ4n) is 1.69. The van der Waals surface area contributed by atoms with Gasteiger partial charge in [-0.3, -0.25) is 0 Å². The summed E-state index contributed by atoms with van der Waals surface area (Å²) in [4.78, 5) is 0. The number of benzene rings is 1. The lowest BCUT2D eigenvalue weighted by Gasteiger charge is -2.15. The summed E-state index contributed by atoms with van der Waals surface area (Å²) in [5.74, 6) is -0.0197. The van der Waals surface area contributed by atoms with E-state index in [9.17, 15) is 4.39 Å². The molecule has 0 aliphatic rings. The van der Waals surface area contributed by atoms with Crippen molar-refractivity contribution in [1.29, 1.82) is 0 Å². The number of rotatable bonds is 4. The Morgan fingerprint density at radius 2 is 2.20 bits per heavy atom. The van der Waals surface area contributed by atoms with Crippen molar-refractivity contribution in [1.82, 2.24) is 0 Å². The molecule has 2 heteroatoms. The van der Waals surface area contributed by atoms with Gasteiger partial charge in [-0.15, -0.1) is 0 Å². The van der Waals surface area contributed by atoms with Gasteiger partial charge in [-0.05, 0) is 37.8 Å². The van der Waals surface area contributed by atoms with Gasteiger partial charge in [-0.1, -0.05) is 36.7 Å². The van der Waals surface area contributed by atoms with Crippen LogP contribution in [0, 0.1) is 5.82 Å². The minimum absolute atomic E-state index is 0.176. The zero-order chi connectivity index (χ0) is 11.3. The molecule has 0 radical (unpaired) electrons. The molecule has 0 nitrogen and oxygen atoms in total. The Morgan fingerprint density at radius 3 is 2.73 bits per heavy atom. The topological polar surface area (TPSA) is 0 Å². The standard InChI is InChI=1S/C13H16ClF/c1-3-5-7-10(4-2)13-11(14)8-6-9-12(13)15/h3,5-6,8-10H,4,7H2,1-2H3/b5-3-. The van der Waals surface area contributed by atoms with Gasteiger partial charge in [0.1, 0.15) is 5.82 Å². The number of halogens is 2. The molecule has 1 atom stereocenters. The maximum Gasteiger partial charge on any atom is 0.128 e. The van der Waals surface area contributed by atoms with Crippen LogP contribution in [0.25, 0.3) is 0 Å². The van der Waals surface area contributed by atoms with Crippen molar-refractivity contribution in [3.63, 3.8) is 0 Å². The Bertz CT molecular complexity index is 324. The molecule has 0 aromatic heterocycles. The van der Waals surface area contributed by atoms with Gasteiger partial charge >= 0.3 is 0 Å². The maximum atomic E-state index is 13.6. The van der Waals surface area contributed by atoms with Crippen molar-refractivity contribution in [2.75, 3.05) is 0 Å².